The van der Waals surface area contributed by atoms with Crippen LogP contribution in [-0.2, 0) is 8.99 Å². The maximum Gasteiger partial charge on any atom is 0.316 e. The largest absolute Gasteiger partial charge is 0.410 e. The fourth-order valence-corrected chi connectivity index (χ4v) is 1.89. The van der Waals surface area contributed by atoms with Crippen molar-refractivity contribution in [1.82, 2.24) is 0 Å². The van der Waals surface area contributed by atoms with Crippen molar-refractivity contribution in [2.24, 2.45) is 0 Å². The van der Waals surface area contributed by atoms with Crippen molar-refractivity contribution in [1.29, 1.82) is 0 Å². The van der Waals surface area contributed by atoms with Crippen molar-refractivity contribution in [2.45, 2.75) is 6.92 Å². The summed E-state index contributed by atoms with van der Waals surface area (Å²) in [5.74, 6) is 0. The fourth-order valence-electron chi connectivity index (χ4n) is 0.210. The maximum absolute atomic E-state index is 10.0. The van der Waals surface area contributed by atoms with Crippen molar-refractivity contribution in [3.05, 3.63) is 0 Å². The SMILES string of the molecule is CCO[SiH2]P(=O)(O)O. The highest BCUT2D eigenvalue weighted by molar-refractivity contribution is 7.80. The molecule has 0 spiro atoms. The smallest absolute Gasteiger partial charge is 0.316 e. The summed E-state index contributed by atoms with van der Waals surface area (Å²) in [4.78, 5) is 16.4. The lowest BCUT2D eigenvalue weighted by Crippen LogP contribution is -1.98. The van der Waals surface area contributed by atoms with E-state index in [0.717, 1.165) is 0 Å². The van der Waals surface area contributed by atoms with E-state index in [1.54, 1.807) is 6.92 Å². The van der Waals surface area contributed by atoms with Gasteiger partial charge in [-0.1, -0.05) is 0 Å². The monoisotopic (exact) mass is 156 g/mol. The van der Waals surface area contributed by atoms with Gasteiger partial charge in [-0.2, -0.15) is 0 Å². The van der Waals surface area contributed by atoms with Gasteiger partial charge in [-0.3, -0.25) is 4.57 Å². The van der Waals surface area contributed by atoms with Gasteiger partial charge in [0.15, 0.2) is 0 Å². The molecule has 0 radical (unpaired) electrons. The Labute approximate surface area is 49.8 Å². The van der Waals surface area contributed by atoms with Crippen LogP contribution in [0.5, 0.6) is 0 Å². The van der Waals surface area contributed by atoms with Gasteiger partial charge in [0.25, 0.3) is 9.43 Å². The van der Waals surface area contributed by atoms with Crippen LogP contribution in [0.3, 0.4) is 0 Å². The van der Waals surface area contributed by atoms with Crippen LogP contribution in [0, 0.1) is 0 Å². The molecule has 0 aromatic heterocycles. The summed E-state index contributed by atoms with van der Waals surface area (Å²) in [6.07, 6.45) is 0. The predicted octanol–water partition coefficient (Wildman–Crippen LogP) is -0.801. The first-order valence-corrected chi connectivity index (χ1v) is 6.46. The summed E-state index contributed by atoms with van der Waals surface area (Å²) in [7, 11) is -5.35. The first-order chi connectivity index (χ1) is 3.56. The summed E-state index contributed by atoms with van der Waals surface area (Å²) in [5, 5.41) is 0. The standard InChI is InChI=1S/C2H9O4PSi/c1-2-6-8-7(3,4)5/h2,8H2,1H3,(H2,3,4,5). The Bertz CT molecular complexity index is 98.2. The van der Waals surface area contributed by atoms with E-state index in [1.165, 1.54) is 0 Å². The lowest BCUT2D eigenvalue weighted by molar-refractivity contribution is 0.343. The van der Waals surface area contributed by atoms with Crippen LogP contribution in [0.2, 0.25) is 0 Å². The molecule has 0 aromatic carbocycles. The molecule has 0 saturated carbocycles. The second-order valence-corrected chi connectivity index (χ2v) is 6.53. The second-order valence-electron chi connectivity index (χ2n) is 1.29. The zero-order chi connectivity index (χ0) is 6.62. The Hall–Kier alpha value is 0.327. The summed E-state index contributed by atoms with van der Waals surface area (Å²) in [5.41, 5.74) is 0. The van der Waals surface area contributed by atoms with Crippen LogP contribution < -0.4 is 0 Å². The minimum Gasteiger partial charge on any atom is -0.410 e. The van der Waals surface area contributed by atoms with E-state index in [9.17, 15) is 4.57 Å². The van der Waals surface area contributed by atoms with Gasteiger partial charge in [0.2, 0.25) is 0 Å². The fraction of sp³-hybridized carbons (Fsp3) is 1.00. The third-order valence-electron chi connectivity index (χ3n) is 0.464. The van der Waals surface area contributed by atoms with Gasteiger partial charge in [-0.25, -0.2) is 0 Å². The molecule has 0 unspecified atom stereocenters. The van der Waals surface area contributed by atoms with E-state index in [4.69, 9.17) is 9.79 Å². The molecule has 6 heteroatoms. The van der Waals surface area contributed by atoms with Gasteiger partial charge in [0.05, 0.1) is 0 Å². The topological polar surface area (TPSA) is 66.8 Å². The Morgan fingerprint density at radius 1 is 1.75 bits per heavy atom. The molecule has 0 aromatic rings. The van der Waals surface area contributed by atoms with Gasteiger partial charge in [-0.05, 0) is 6.92 Å². The molecular weight excluding hydrogens is 147 g/mol. The summed E-state index contributed by atoms with van der Waals surface area (Å²) in [6, 6.07) is 0. The van der Waals surface area contributed by atoms with Gasteiger partial charge in [0.1, 0.15) is 0 Å². The van der Waals surface area contributed by atoms with Crippen LogP contribution in [0.4, 0.5) is 0 Å². The zero-order valence-corrected chi connectivity index (χ0v) is 6.88. The van der Waals surface area contributed by atoms with Crippen LogP contribution in [0.15, 0.2) is 0 Å². The molecule has 0 saturated heterocycles. The van der Waals surface area contributed by atoms with E-state index < -0.39 is 16.6 Å². The molecular formula is C2H9O4PSi. The second kappa shape index (κ2) is 3.37. The van der Waals surface area contributed by atoms with Crippen molar-refractivity contribution in [2.75, 3.05) is 6.61 Å². The summed E-state index contributed by atoms with van der Waals surface area (Å²) < 4.78 is 14.6. The highest BCUT2D eigenvalue weighted by Gasteiger charge is 2.12. The molecule has 2 N–H and O–H groups in total. The molecule has 50 valence electrons. The van der Waals surface area contributed by atoms with Gasteiger partial charge >= 0.3 is 7.14 Å². The van der Waals surface area contributed by atoms with Crippen molar-refractivity contribution in [3.8, 4) is 0 Å². The van der Waals surface area contributed by atoms with E-state index in [-0.39, 0.29) is 0 Å². The molecule has 0 aliphatic rings. The van der Waals surface area contributed by atoms with Crippen LogP contribution >= 0.6 is 7.14 Å². The molecule has 0 rings (SSSR count). The molecule has 0 bridgehead atoms. The van der Waals surface area contributed by atoms with E-state index in [2.05, 4.69) is 4.43 Å². The number of rotatable bonds is 3. The van der Waals surface area contributed by atoms with Gasteiger partial charge < -0.3 is 14.2 Å². The molecule has 0 heterocycles. The molecule has 8 heavy (non-hydrogen) atoms. The lowest BCUT2D eigenvalue weighted by Gasteiger charge is -2.00. The normalized spacial score (nSPS) is 13.4. The Kier molecular flexibility index (Phi) is 3.51. The average Bonchev–Trinajstić information content (AvgIpc) is 1.59. The first kappa shape index (κ1) is 8.33. The Balaban J connectivity index is 3.26. The minimum atomic E-state index is -3.77. The van der Waals surface area contributed by atoms with E-state index in [0.29, 0.717) is 6.61 Å². The van der Waals surface area contributed by atoms with Crippen LogP contribution in [-0.4, -0.2) is 25.8 Å². The maximum atomic E-state index is 10.0. The van der Waals surface area contributed by atoms with E-state index in [1.807, 2.05) is 0 Å². The lowest BCUT2D eigenvalue weighted by atomic mass is 10.9. The van der Waals surface area contributed by atoms with Gasteiger partial charge in [0, 0.05) is 6.61 Å². The van der Waals surface area contributed by atoms with Crippen LogP contribution in [0.1, 0.15) is 6.92 Å². The van der Waals surface area contributed by atoms with E-state index >= 15 is 0 Å². The zero-order valence-electron chi connectivity index (χ0n) is 4.57. The Morgan fingerprint density at radius 3 is 2.38 bits per heavy atom. The average molecular weight is 156 g/mol. The minimum absolute atomic E-state index is 0.400. The third-order valence-corrected chi connectivity index (χ3v) is 2.95. The van der Waals surface area contributed by atoms with Crippen molar-refractivity contribution in [3.63, 3.8) is 0 Å². The van der Waals surface area contributed by atoms with Gasteiger partial charge in [-0.15, -0.1) is 0 Å². The third kappa shape index (κ3) is 6.33. The molecule has 0 aliphatic carbocycles. The molecule has 0 fully saturated rings. The molecule has 0 amide bonds. The summed E-state index contributed by atoms with van der Waals surface area (Å²) >= 11 is 0. The highest BCUT2D eigenvalue weighted by Crippen LogP contribution is 2.31. The highest BCUT2D eigenvalue weighted by atomic mass is 31.4. The van der Waals surface area contributed by atoms with Crippen LogP contribution in [0.25, 0.3) is 0 Å². The Morgan fingerprint density at radius 2 is 2.25 bits per heavy atom. The van der Waals surface area contributed by atoms with Crippen molar-refractivity contribution >= 4 is 16.6 Å². The number of hydrogen-bond acceptors (Lipinski definition) is 2. The quantitative estimate of drug-likeness (QED) is 0.414. The number of hydrogen-bond donors (Lipinski definition) is 2. The molecule has 4 nitrogen and oxygen atoms in total. The molecule has 0 atom stereocenters. The van der Waals surface area contributed by atoms with Crippen molar-refractivity contribution < 1.29 is 18.8 Å². The predicted molar refractivity (Wildman–Crippen MR) is 32.2 cm³/mol. The summed E-state index contributed by atoms with van der Waals surface area (Å²) in [6.45, 7) is 2.11. The molecule has 0 aliphatic heterocycles. The first-order valence-electron chi connectivity index (χ1n) is 2.18.